The lowest BCUT2D eigenvalue weighted by atomic mass is 10.9. The van der Waals surface area contributed by atoms with Gasteiger partial charge < -0.3 is 13.3 Å². The molecule has 0 spiro atoms. The Morgan fingerprint density at radius 3 is 1.33 bits per heavy atom. The molecule has 0 fully saturated rings. The minimum atomic E-state index is -3.26. The SMILES string of the molecule is CCON(OCC)O[Si](OCC)(OCC)OCC. The van der Waals surface area contributed by atoms with Gasteiger partial charge >= 0.3 is 9.05 Å². The van der Waals surface area contributed by atoms with Crippen molar-refractivity contribution in [1.82, 2.24) is 5.39 Å². The molecule has 110 valence electrons. The second kappa shape index (κ2) is 10.8. The zero-order chi connectivity index (χ0) is 13.9. The highest BCUT2D eigenvalue weighted by Crippen LogP contribution is 2.15. The molecule has 0 amide bonds. The summed E-state index contributed by atoms with van der Waals surface area (Å²) in [6.07, 6.45) is 0. The van der Waals surface area contributed by atoms with Crippen molar-refractivity contribution in [2.75, 3.05) is 33.0 Å². The second-order valence-corrected chi connectivity index (χ2v) is 5.00. The number of nitrogens with zero attached hydrogens (tertiary/aromatic N) is 1. The Morgan fingerprint density at radius 1 is 0.667 bits per heavy atom. The first-order valence-electron chi connectivity index (χ1n) is 6.34. The highest BCUT2D eigenvalue weighted by Gasteiger charge is 2.48. The van der Waals surface area contributed by atoms with E-state index in [1.54, 1.807) is 0 Å². The van der Waals surface area contributed by atoms with Gasteiger partial charge in [0.2, 0.25) is 0 Å². The summed E-state index contributed by atoms with van der Waals surface area (Å²) < 4.78 is 22.0. The van der Waals surface area contributed by atoms with Crippen LogP contribution in [0.5, 0.6) is 0 Å². The van der Waals surface area contributed by atoms with E-state index in [2.05, 4.69) is 0 Å². The van der Waals surface area contributed by atoms with Crippen molar-refractivity contribution in [3.8, 4) is 0 Å². The molecule has 0 rings (SSSR count). The molecule has 0 aliphatic rings. The summed E-state index contributed by atoms with van der Waals surface area (Å²) in [6, 6.07) is 0. The topological polar surface area (TPSA) is 58.6 Å². The van der Waals surface area contributed by atoms with Crippen LogP contribution in [-0.2, 0) is 27.5 Å². The van der Waals surface area contributed by atoms with Crippen LogP contribution in [-0.4, -0.2) is 47.5 Å². The van der Waals surface area contributed by atoms with Crippen LogP contribution in [0, 0.1) is 0 Å². The zero-order valence-corrected chi connectivity index (χ0v) is 12.9. The number of hydrogen-bond acceptors (Lipinski definition) is 7. The Bertz CT molecular complexity index is 174. The molecule has 0 saturated carbocycles. The molecule has 8 heteroatoms. The minimum Gasteiger partial charge on any atom is -0.351 e. The van der Waals surface area contributed by atoms with Crippen LogP contribution < -0.4 is 0 Å². The van der Waals surface area contributed by atoms with Crippen molar-refractivity contribution in [2.45, 2.75) is 34.6 Å². The fraction of sp³-hybridized carbons (Fsp3) is 1.00. The van der Waals surface area contributed by atoms with E-state index < -0.39 is 9.05 Å². The van der Waals surface area contributed by atoms with Crippen LogP contribution >= 0.6 is 0 Å². The molecule has 18 heavy (non-hydrogen) atoms. The maximum atomic E-state index is 5.50. The van der Waals surface area contributed by atoms with E-state index in [9.17, 15) is 0 Å². The highest BCUT2D eigenvalue weighted by molar-refractivity contribution is 6.53. The molecule has 0 N–H and O–H groups in total. The Kier molecular flexibility index (Phi) is 10.8. The van der Waals surface area contributed by atoms with Gasteiger partial charge in [-0.15, -0.1) is 0 Å². The summed E-state index contributed by atoms with van der Waals surface area (Å²) in [7, 11) is -3.26. The van der Waals surface area contributed by atoms with Crippen LogP contribution in [0.3, 0.4) is 0 Å². The van der Waals surface area contributed by atoms with E-state index >= 15 is 0 Å². The molecule has 0 aromatic carbocycles. The van der Waals surface area contributed by atoms with E-state index in [1.807, 2.05) is 34.6 Å². The average molecular weight is 283 g/mol. The van der Waals surface area contributed by atoms with Crippen LogP contribution in [0.1, 0.15) is 34.6 Å². The third kappa shape index (κ3) is 6.76. The van der Waals surface area contributed by atoms with Crippen molar-refractivity contribution in [1.29, 1.82) is 0 Å². The van der Waals surface area contributed by atoms with E-state index in [1.165, 1.54) is 0 Å². The highest BCUT2D eigenvalue weighted by atomic mass is 28.4. The van der Waals surface area contributed by atoms with Crippen molar-refractivity contribution < 1.29 is 27.5 Å². The van der Waals surface area contributed by atoms with Gasteiger partial charge in [-0.25, -0.2) is 4.53 Å². The Hall–Kier alpha value is -0.0631. The summed E-state index contributed by atoms with van der Waals surface area (Å²) in [6.45, 7) is 11.2. The summed E-state index contributed by atoms with van der Waals surface area (Å²) in [5.41, 5.74) is 0. The van der Waals surface area contributed by atoms with Gasteiger partial charge in [-0.2, -0.15) is 0 Å². The lowest BCUT2D eigenvalue weighted by molar-refractivity contribution is -0.507. The monoisotopic (exact) mass is 283 g/mol. The molecule has 0 aromatic rings. The first-order valence-corrected chi connectivity index (χ1v) is 7.98. The van der Waals surface area contributed by atoms with Crippen LogP contribution in [0.25, 0.3) is 0 Å². The second-order valence-electron chi connectivity index (χ2n) is 2.95. The van der Waals surface area contributed by atoms with Gasteiger partial charge in [-0.05, 0) is 34.6 Å². The normalized spacial score (nSPS) is 12.3. The van der Waals surface area contributed by atoms with E-state index in [4.69, 9.17) is 27.5 Å². The molecule has 7 nitrogen and oxygen atoms in total. The van der Waals surface area contributed by atoms with Crippen LogP contribution in [0.15, 0.2) is 0 Å². The number of hydrogen-bond donors (Lipinski definition) is 0. The fourth-order valence-electron chi connectivity index (χ4n) is 1.13. The predicted octanol–water partition coefficient (Wildman–Crippen LogP) is 1.67. The van der Waals surface area contributed by atoms with Gasteiger partial charge in [-0.3, -0.25) is 9.68 Å². The standard InChI is InChI=1S/C10H25NO6Si/c1-6-12-11(13-7-2)17-18(14-8-3,15-9-4)16-10-5/h6-10H2,1-5H3. The Balaban J connectivity index is 4.66. The van der Waals surface area contributed by atoms with Crippen molar-refractivity contribution in [3.05, 3.63) is 0 Å². The lowest BCUT2D eigenvalue weighted by Crippen LogP contribution is -2.53. The summed E-state index contributed by atoms with van der Waals surface area (Å²) in [4.78, 5) is 10.3. The zero-order valence-electron chi connectivity index (χ0n) is 11.9. The molecule has 0 aliphatic carbocycles. The molecule has 0 aromatic heterocycles. The average Bonchev–Trinajstić information content (AvgIpc) is 2.30. The van der Waals surface area contributed by atoms with Crippen molar-refractivity contribution >= 4 is 9.05 Å². The smallest absolute Gasteiger partial charge is 0.351 e. The molecule has 0 atom stereocenters. The number of rotatable bonds is 12. The van der Waals surface area contributed by atoms with Crippen molar-refractivity contribution in [3.63, 3.8) is 0 Å². The Labute approximate surface area is 110 Å². The molecule has 0 saturated heterocycles. The van der Waals surface area contributed by atoms with Crippen LogP contribution in [0.2, 0.25) is 0 Å². The van der Waals surface area contributed by atoms with E-state index in [0.29, 0.717) is 33.0 Å². The van der Waals surface area contributed by atoms with Crippen molar-refractivity contribution in [2.24, 2.45) is 0 Å². The summed E-state index contributed by atoms with van der Waals surface area (Å²) >= 11 is 0. The molecule has 0 heterocycles. The van der Waals surface area contributed by atoms with Gasteiger partial charge in [0.05, 0.1) is 18.6 Å². The quantitative estimate of drug-likeness (QED) is 0.399. The first-order chi connectivity index (χ1) is 8.67. The van der Waals surface area contributed by atoms with Gasteiger partial charge in [0, 0.05) is 19.8 Å². The predicted molar refractivity (Wildman–Crippen MR) is 66.8 cm³/mol. The van der Waals surface area contributed by atoms with Crippen LogP contribution in [0.4, 0.5) is 0 Å². The molecular formula is C10H25NO6Si. The van der Waals surface area contributed by atoms with E-state index in [-0.39, 0.29) is 0 Å². The van der Waals surface area contributed by atoms with Gasteiger partial charge in [0.15, 0.2) is 0 Å². The Morgan fingerprint density at radius 2 is 1.06 bits per heavy atom. The van der Waals surface area contributed by atoms with Gasteiger partial charge in [-0.1, -0.05) is 0 Å². The minimum absolute atomic E-state index is 0.398. The van der Waals surface area contributed by atoms with E-state index in [0.717, 1.165) is 5.39 Å². The maximum Gasteiger partial charge on any atom is 0.700 e. The lowest BCUT2D eigenvalue weighted by Gasteiger charge is -2.29. The van der Waals surface area contributed by atoms with Gasteiger partial charge in [0.1, 0.15) is 0 Å². The maximum absolute atomic E-state index is 5.50. The van der Waals surface area contributed by atoms with Gasteiger partial charge in [0.25, 0.3) is 0 Å². The molecule has 0 bridgehead atoms. The largest absolute Gasteiger partial charge is 0.700 e. The third-order valence-corrected chi connectivity index (χ3v) is 3.92. The first kappa shape index (κ1) is 17.9. The molecule has 0 radical (unpaired) electrons. The summed E-state index contributed by atoms with van der Waals surface area (Å²) in [5.74, 6) is 0. The fourth-order valence-corrected chi connectivity index (χ4v) is 2.88. The molecular weight excluding hydrogens is 258 g/mol. The molecule has 0 aliphatic heterocycles. The third-order valence-electron chi connectivity index (χ3n) is 1.62. The molecule has 0 unspecified atom stereocenters. The summed E-state index contributed by atoms with van der Waals surface area (Å²) in [5, 5.41) is 0.910.